The molecule has 3 atom stereocenters. The van der Waals surface area contributed by atoms with Crippen molar-refractivity contribution in [1.82, 2.24) is 0 Å². The molecular formula is C81H53NO2. The van der Waals surface area contributed by atoms with Gasteiger partial charge in [0.05, 0.1) is 16.2 Å². The van der Waals surface area contributed by atoms with Gasteiger partial charge in [0, 0.05) is 39.7 Å². The molecule has 2 aliphatic heterocycles. The highest BCUT2D eigenvalue weighted by molar-refractivity contribution is 5.94. The Kier molecular flexibility index (Phi) is 9.98. The Hall–Kier alpha value is -10.5. The number of fused-ring (bicyclic) bond motifs is 21. The van der Waals surface area contributed by atoms with Crippen LogP contribution in [-0.2, 0) is 16.2 Å². The summed E-state index contributed by atoms with van der Waals surface area (Å²) in [6.45, 7) is 0. The predicted octanol–water partition coefficient (Wildman–Crippen LogP) is 19.5. The third kappa shape index (κ3) is 6.20. The maximum atomic E-state index is 6.94. The number of para-hydroxylation sites is 3. The van der Waals surface area contributed by atoms with Crippen LogP contribution in [0.4, 0.5) is 17.1 Å². The van der Waals surface area contributed by atoms with E-state index in [1.54, 1.807) is 0 Å². The summed E-state index contributed by atoms with van der Waals surface area (Å²) in [4.78, 5) is 2.53. The minimum absolute atomic E-state index is 0.00913. The number of ether oxygens (including phenoxy) is 2. The average molecular weight is 1070 g/mol. The smallest absolute Gasteiger partial charge is 0.132 e. The molecule has 18 rings (SSSR count). The average Bonchev–Trinajstić information content (AvgIpc) is 1.56. The van der Waals surface area contributed by atoms with Gasteiger partial charge in [-0.1, -0.05) is 243 Å². The minimum atomic E-state index is -0.590. The number of hydrogen-bond acceptors (Lipinski definition) is 3. The lowest BCUT2D eigenvalue weighted by atomic mass is 9.60. The summed E-state index contributed by atoms with van der Waals surface area (Å²) >= 11 is 0. The van der Waals surface area contributed by atoms with Crippen LogP contribution in [0.15, 0.2) is 309 Å². The summed E-state index contributed by atoms with van der Waals surface area (Å²) in [5.41, 5.74) is 25.0. The van der Waals surface area contributed by atoms with Crippen molar-refractivity contribution in [2.24, 2.45) is 5.92 Å². The van der Waals surface area contributed by atoms with E-state index < -0.39 is 16.2 Å². The van der Waals surface area contributed by atoms with Crippen molar-refractivity contribution < 1.29 is 9.47 Å². The van der Waals surface area contributed by atoms with Crippen molar-refractivity contribution in [3.8, 4) is 61.8 Å². The molecule has 0 amide bonds. The van der Waals surface area contributed by atoms with Crippen molar-refractivity contribution >= 4 is 17.1 Å². The first-order valence-corrected chi connectivity index (χ1v) is 29.4. The molecule has 0 aromatic heterocycles. The van der Waals surface area contributed by atoms with Gasteiger partial charge in [-0.3, -0.25) is 0 Å². The van der Waals surface area contributed by atoms with E-state index in [0.717, 1.165) is 56.6 Å². The molecule has 0 saturated carbocycles. The third-order valence-corrected chi connectivity index (χ3v) is 19.5. The molecule has 0 bridgehead atoms. The van der Waals surface area contributed by atoms with Crippen LogP contribution in [0.5, 0.6) is 17.2 Å². The fourth-order valence-corrected chi connectivity index (χ4v) is 16.3. The lowest BCUT2D eigenvalue weighted by Crippen LogP contribution is -2.47. The quantitative estimate of drug-likeness (QED) is 0.166. The van der Waals surface area contributed by atoms with Crippen LogP contribution in [0.1, 0.15) is 61.2 Å². The zero-order chi connectivity index (χ0) is 55.1. The van der Waals surface area contributed by atoms with E-state index in [9.17, 15) is 0 Å². The van der Waals surface area contributed by atoms with Gasteiger partial charge in [0.25, 0.3) is 0 Å². The fourth-order valence-electron chi connectivity index (χ4n) is 16.3. The van der Waals surface area contributed by atoms with Gasteiger partial charge in [-0.25, -0.2) is 0 Å². The van der Waals surface area contributed by atoms with Gasteiger partial charge in [-0.15, -0.1) is 0 Å². The van der Waals surface area contributed by atoms with E-state index >= 15 is 0 Å². The molecule has 2 heterocycles. The molecule has 6 aliphatic rings. The van der Waals surface area contributed by atoms with Crippen LogP contribution in [0, 0.1) is 5.92 Å². The van der Waals surface area contributed by atoms with Crippen molar-refractivity contribution in [3.63, 3.8) is 0 Å². The Morgan fingerprint density at radius 1 is 0.286 bits per heavy atom. The highest BCUT2D eigenvalue weighted by atomic mass is 16.5. The molecule has 3 unspecified atom stereocenters. The molecule has 0 radical (unpaired) electrons. The summed E-state index contributed by atoms with van der Waals surface area (Å²) < 4.78 is 13.6. The number of allylic oxidation sites excluding steroid dienone is 2. The summed E-state index contributed by atoms with van der Waals surface area (Å²) in [6, 6.07) is 106. The van der Waals surface area contributed by atoms with Crippen LogP contribution in [0.25, 0.3) is 44.5 Å². The van der Waals surface area contributed by atoms with Crippen LogP contribution >= 0.6 is 0 Å². The van der Waals surface area contributed by atoms with E-state index in [2.05, 4.69) is 314 Å². The zero-order valence-corrected chi connectivity index (χ0v) is 45.9. The monoisotopic (exact) mass is 1070 g/mol. The maximum absolute atomic E-state index is 6.94. The van der Waals surface area contributed by atoms with Gasteiger partial charge in [-0.2, -0.15) is 0 Å². The molecule has 2 spiro atoms. The van der Waals surface area contributed by atoms with E-state index in [0.29, 0.717) is 0 Å². The highest BCUT2D eigenvalue weighted by Gasteiger charge is 2.56. The predicted molar refractivity (Wildman–Crippen MR) is 339 cm³/mol. The van der Waals surface area contributed by atoms with Crippen molar-refractivity contribution in [2.45, 2.75) is 22.3 Å². The van der Waals surface area contributed by atoms with Gasteiger partial charge < -0.3 is 14.4 Å². The normalized spacial score (nSPS) is 18.3. The van der Waals surface area contributed by atoms with Crippen molar-refractivity contribution in [3.05, 3.63) is 371 Å². The second-order valence-corrected chi connectivity index (χ2v) is 23.3. The summed E-state index contributed by atoms with van der Waals surface area (Å²) in [5.74, 6) is 2.73. The number of rotatable bonds is 6. The van der Waals surface area contributed by atoms with Crippen molar-refractivity contribution in [2.75, 3.05) is 4.90 Å². The van der Waals surface area contributed by atoms with Gasteiger partial charge >= 0.3 is 0 Å². The van der Waals surface area contributed by atoms with E-state index in [1.165, 1.54) is 83.5 Å². The highest BCUT2D eigenvalue weighted by Crippen LogP contribution is 2.65. The van der Waals surface area contributed by atoms with Gasteiger partial charge in [0.15, 0.2) is 0 Å². The molecular weight excluding hydrogens is 1020 g/mol. The molecule has 3 heteroatoms. The number of anilines is 3. The first-order chi connectivity index (χ1) is 41.6. The second-order valence-electron chi connectivity index (χ2n) is 23.3. The summed E-state index contributed by atoms with van der Waals surface area (Å²) in [5, 5.41) is 0. The molecule has 0 N–H and O–H groups in total. The molecule has 0 saturated heterocycles. The first-order valence-electron chi connectivity index (χ1n) is 29.4. The molecule has 0 fully saturated rings. The van der Waals surface area contributed by atoms with Gasteiger partial charge in [0.2, 0.25) is 0 Å². The molecule has 3 nitrogen and oxygen atoms in total. The van der Waals surface area contributed by atoms with Crippen molar-refractivity contribution in [1.29, 1.82) is 0 Å². The lowest BCUT2D eigenvalue weighted by molar-refractivity contribution is 0.141. The Bertz CT molecular complexity index is 4700. The van der Waals surface area contributed by atoms with Gasteiger partial charge in [-0.05, 0) is 156 Å². The fraction of sp³-hybridized carbons (Fsp3) is 0.0617. The van der Waals surface area contributed by atoms with Crippen LogP contribution in [0.2, 0.25) is 0 Å². The van der Waals surface area contributed by atoms with Gasteiger partial charge in [0.1, 0.15) is 23.4 Å². The molecule has 12 aromatic rings. The number of benzene rings is 12. The number of hydrogen-bond donors (Lipinski definition) is 0. The van der Waals surface area contributed by atoms with Crippen LogP contribution in [0.3, 0.4) is 0 Å². The Morgan fingerprint density at radius 3 is 1.44 bits per heavy atom. The topological polar surface area (TPSA) is 21.7 Å². The largest absolute Gasteiger partial charge is 0.485 e. The molecule has 4 aliphatic carbocycles. The Balaban J connectivity index is 0.872. The summed E-state index contributed by atoms with van der Waals surface area (Å²) in [7, 11) is 0. The maximum Gasteiger partial charge on any atom is 0.132 e. The summed E-state index contributed by atoms with van der Waals surface area (Å²) in [6.07, 6.45) is 8.86. The second kappa shape index (κ2) is 17.8. The standard InChI is InChI=1S/C81H53NO2/c1-3-23-54(24-4-1)79(55-25-5-2-6-26-55)65-31-10-7-28-59(65)62-45-43-57(50-73(62)79)82(58-44-46-63-60-29-8-11-32-66(60)81(74(63)51-58)71-36-15-19-40-77(71)84-78-41-20-16-37-72(78)81)56-27-21-22-52(48-56)53-42-47-68-64(49-53)61-30-9-12-33-67(61)80(68)69-34-13-17-38-75(69)83-76-39-18-14-35-70(76)80/h1-51,71,77H. The van der Waals surface area contributed by atoms with Crippen LogP contribution in [-0.4, -0.2) is 6.10 Å². The Morgan fingerprint density at radius 2 is 0.762 bits per heavy atom. The first kappa shape index (κ1) is 47.2. The number of nitrogens with zero attached hydrogens (tertiary/aromatic N) is 1. The third-order valence-electron chi connectivity index (χ3n) is 19.5. The molecule has 12 aromatic carbocycles. The Labute approximate surface area is 489 Å². The molecule has 394 valence electrons. The minimum Gasteiger partial charge on any atom is -0.485 e. The SMILES string of the molecule is C1=CC2Oc3ccccc3C3(c4ccccc4-c4ccc(N(c5cccc(-c6ccc7c(c6)-c6ccccc6C76c7ccccc7Oc7ccccc76)c5)c5ccc6c(c5)C(c5ccccc5)(c5ccccc5)c5ccccc5-6)cc43)C2C=C1. The van der Waals surface area contributed by atoms with E-state index in [-0.39, 0.29) is 12.0 Å². The van der Waals surface area contributed by atoms with Crippen LogP contribution < -0.4 is 14.4 Å². The lowest BCUT2D eigenvalue weighted by Gasteiger charge is -2.47. The van der Waals surface area contributed by atoms with E-state index in [1.807, 2.05) is 0 Å². The zero-order valence-electron chi connectivity index (χ0n) is 45.9. The molecule has 84 heavy (non-hydrogen) atoms. The van der Waals surface area contributed by atoms with E-state index in [4.69, 9.17) is 9.47 Å².